The second-order valence-electron chi connectivity index (χ2n) is 10.1. The maximum Gasteiger partial charge on any atom is 0.237 e. The summed E-state index contributed by atoms with van der Waals surface area (Å²) < 4.78 is 6.01. The van der Waals surface area contributed by atoms with Crippen molar-refractivity contribution < 1.29 is 9.53 Å². The molecule has 1 heterocycles. The third-order valence-corrected chi connectivity index (χ3v) is 6.86. The fraction of sp³-hybridized carbons (Fsp3) is 0.281. The smallest absolute Gasteiger partial charge is 0.237 e. The Morgan fingerprint density at radius 1 is 0.919 bits per heavy atom. The Balaban J connectivity index is 1.27. The Kier molecular flexibility index (Phi) is 7.83. The Morgan fingerprint density at radius 3 is 2.49 bits per heavy atom. The molecule has 2 N–H and O–H groups in total. The predicted octanol–water partition coefficient (Wildman–Crippen LogP) is 5.89. The Hall–Kier alpha value is -3.67. The molecular formula is C32H35N3O2. The third kappa shape index (κ3) is 6.37. The van der Waals surface area contributed by atoms with Crippen LogP contribution in [0.2, 0.25) is 0 Å². The molecule has 5 heteroatoms. The van der Waals surface area contributed by atoms with Gasteiger partial charge in [-0.25, -0.2) is 0 Å². The molecule has 1 aliphatic rings. The van der Waals surface area contributed by atoms with Gasteiger partial charge in [0.05, 0.1) is 6.04 Å². The number of benzene rings is 4. The van der Waals surface area contributed by atoms with Crippen LogP contribution in [-0.2, 0) is 17.9 Å². The molecule has 37 heavy (non-hydrogen) atoms. The summed E-state index contributed by atoms with van der Waals surface area (Å²) >= 11 is 0. The Bertz CT molecular complexity index is 1330. The minimum Gasteiger partial charge on any atom is -0.457 e. The first-order valence-corrected chi connectivity index (χ1v) is 13.1. The number of amides is 1. The van der Waals surface area contributed by atoms with Crippen LogP contribution >= 0.6 is 0 Å². The lowest BCUT2D eigenvalue weighted by atomic mass is 10.0. The Morgan fingerprint density at radius 2 is 1.65 bits per heavy atom. The molecule has 1 amide bonds. The molecule has 0 bridgehead atoms. The molecule has 4 aromatic carbocycles. The van der Waals surface area contributed by atoms with E-state index in [0.29, 0.717) is 0 Å². The van der Waals surface area contributed by atoms with Gasteiger partial charge in [-0.15, -0.1) is 0 Å². The normalized spacial score (nSPS) is 17.8. The number of fused-ring (bicyclic) bond motifs is 1. The maximum atomic E-state index is 13.2. The number of hydrogen-bond donors (Lipinski definition) is 2. The lowest BCUT2D eigenvalue weighted by molar-refractivity contribution is -0.126. The van der Waals surface area contributed by atoms with E-state index in [2.05, 4.69) is 70.1 Å². The van der Waals surface area contributed by atoms with E-state index in [1.807, 2.05) is 56.3 Å². The van der Waals surface area contributed by atoms with E-state index in [-0.39, 0.29) is 24.0 Å². The lowest BCUT2D eigenvalue weighted by Gasteiger charge is -2.25. The molecule has 1 fully saturated rings. The average molecular weight is 494 g/mol. The van der Waals surface area contributed by atoms with Crippen molar-refractivity contribution in [2.24, 2.45) is 0 Å². The molecule has 0 aromatic heterocycles. The predicted molar refractivity (Wildman–Crippen MR) is 150 cm³/mol. The van der Waals surface area contributed by atoms with Gasteiger partial charge in [-0.05, 0) is 66.4 Å². The largest absolute Gasteiger partial charge is 0.457 e. The highest BCUT2D eigenvalue weighted by atomic mass is 16.5. The summed E-state index contributed by atoms with van der Waals surface area (Å²) in [5.41, 5.74) is 2.41. The first-order valence-electron chi connectivity index (χ1n) is 13.1. The number of nitrogens with one attached hydrogen (secondary N) is 2. The average Bonchev–Trinajstić information content (AvgIpc) is 3.31. The zero-order valence-corrected chi connectivity index (χ0v) is 21.6. The molecule has 4 aromatic rings. The molecule has 5 nitrogen and oxygen atoms in total. The van der Waals surface area contributed by atoms with Gasteiger partial charge in [-0.1, -0.05) is 72.8 Å². The van der Waals surface area contributed by atoms with Crippen LogP contribution in [0.25, 0.3) is 10.8 Å². The van der Waals surface area contributed by atoms with Gasteiger partial charge < -0.3 is 15.4 Å². The summed E-state index contributed by atoms with van der Waals surface area (Å²) in [4.78, 5) is 15.5. The first kappa shape index (κ1) is 25.0. The number of hydrogen-bond acceptors (Lipinski definition) is 4. The van der Waals surface area contributed by atoms with Crippen molar-refractivity contribution in [3.63, 3.8) is 0 Å². The van der Waals surface area contributed by atoms with Crippen molar-refractivity contribution in [3.8, 4) is 11.5 Å². The second-order valence-corrected chi connectivity index (χ2v) is 10.1. The van der Waals surface area contributed by atoms with Crippen LogP contribution in [0, 0.1) is 0 Å². The SMILES string of the molecule is CC(C)NC(=O)[C@@H]1C[C@@H](NCc2cccc(Oc3ccccc3)c2)CN1Cc1cccc2ccccc12. The van der Waals surface area contributed by atoms with Crippen LogP contribution in [0.5, 0.6) is 11.5 Å². The van der Waals surface area contributed by atoms with Crippen LogP contribution < -0.4 is 15.4 Å². The summed E-state index contributed by atoms with van der Waals surface area (Å²) in [6, 6.07) is 33.1. The van der Waals surface area contributed by atoms with E-state index in [9.17, 15) is 4.79 Å². The molecule has 1 aliphatic heterocycles. The van der Waals surface area contributed by atoms with Crippen LogP contribution in [0.3, 0.4) is 0 Å². The number of carbonyl (C=O) groups is 1. The number of para-hydroxylation sites is 1. The number of likely N-dealkylation sites (tertiary alicyclic amines) is 1. The van der Waals surface area contributed by atoms with Gasteiger partial charge in [0, 0.05) is 31.7 Å². The molecule has 0 aliphatic carbocycles. The first-order chi connectivity index (χ1) is 18.0. The molecule has 1 saturated heterocycles. The summed E-state index contributed by atoms with van der Waals surface area (Å²) in [6.07, 6.45) is 0.781. The highest BCUT2D eigenvalue weighted by Gasteiger charge is 2.36. The quantitative estimate of drug-likeness (QED) is 0.305. The minimum atomic E-state index is -0.161. The van der Waals surface area contributed by atoms with Gasteiger partial charge >= 0.3 is 0 Å². The van der Waals surface area contributed by atoms with E-state index in [0.717, 1.165) is 43.1 Å². The van der Waals surface area contributed by atoms with Crippen LogP contribution in [0.15, 0.2) is 97.1 Å². The van der Waals surface area contributed by atoms with Gasteiger partial charge in [0.1, 0.15) is 11.5 Å². The van der Waals surface area contributed by atoms with E-state index in [1.165, 1.54) is 16.3 Å². The van der Waals surface area contributed by atoms with Crippen LogP contribution in [0.4, 0.5) is 0 Å². The Labute approximate surface area is 219 Å². The number of ether oxygens (including phenoxy) is 1. The van der Waals surface area contributed by atoms with Gasteiger partial charge in [-0.3, -0.25) is 9.69 Å². The molecule has 5 rings (SSSR count). The highest BCUT2D eigenvalue weighted by Crippen LogP contribution is 2.26. The summed E-state index contributed by atoms with van der Waals surface area (Å²) in [5.74, 6) is 1.76. The van der Waals surface area contributed by atoms with Crippen molar-refractivity contribution in [3.05, 3.63) is 108 Å². The summed E-state index contributed by atoms with van der Waals surface area (Å²) in [6.45, 7) is 6.32. The molecule has 2 atom stereocenters. The highest BCUT2D eigenvalue weighted by molar-refractivity contribution is 5.86. The molecular weight excluding hydrogens is 458 g/mol. The van der Waals surface area contributed by atoms with E-state index < -0.39 is 0 Å². The zero-order chi connectivity index (χ0) is 25.6. The second kappa shape index (κ2) is 11.6. The van der Waals surface area contributed by atoms with Crippen molar-refractivity contribution in [1.29, 1.82) is 0 Å². The van der Waals surface area contributed by atoms with Crippen molar-refractivity contribution in [2.75, 3.05) is 6.54 Å². The maximum absolute atomic E-state index is 13.2. The number of nitrogens with zero attached hydrogens (tertiary/aromatic N) is 1. The lowest BCUT2D eigenvalue weighted by Crippen LogP contribution is -2.45. The number of rotatable bonds is 9. The fourth-order valence-electron chi connectivity index (χ4n) is 5.13. The molecule has 0 spiro atoms. The zero-order valence-electron chi connectivity index (χ0n) is 21.6. The third-order valence-electron chi connectivity index (χ3n) is 6.86. The molecule has 0 unspecified atom stereocenters. The van der Waals surface area contributed by atoms with Crippen molar-refractivity contribution in [2.45, 2.75) is 51.5 Å². The van der Waals surface area contributed by atoms with Crippen LogP contribution in [0.1, 0.15) is 31.4 Å². The minimum absolute atomic E-state index is 0.109. The monoisotopic (exact) mass is 493 g/mol. The molecule has 0 saturated carbocycles. The van der Waals surface area contributed by atoms with Crippen LogP contribution in [-0.4, -0.2) is 35.5 Å². The topological polar surface area (TPSA) is 53.6 Å². The van der Waals surface area contributed by atoms with Crippen molar-refractivity contribution >= 4 is 16.7 Å². The van der Waals surface area contributed by atoms with Gasteiger partial charge in [0.25, 0.3) is 0 Å². The fourth-order valence-corrected chi connectivity index (χ4v) is 5.13. The van der Waals surface area contributed by atoms with Gasteiger partial charge in [-0.2, -0.15) is 0 Å². The van der Waals surface area contributed by atoms with Gasteiger partial charge in [0.15, 0.2) is 0 Å². The van der Waals surface area contributed by atoms with E-state index in [1.54, 1.807) is 0 Å². The standard InChI is InChI=1S/C32H35N3O2/c1-23(2)34-32(36)31-19-27(22-35(31)21-26-13-9-12-25-11-6-7-17-30(25)26)33-20-24-10-8-16-29(18-24)37-28-14-4-3-5-15-28/h3-18,23,27,31,33H,19-22H2,1-2H3,(H,34,36)/t27-,31+/m1/s1. The van der Waals surface area contributed by atoms with Gasteiger partial charge in [0.2, 0.25) is 5.91 Å². The summed E-state index contributed by atoms with van der Waals surface area (Å²) in [7, 11) is 0. The summed E-state index contributed by atoms with van der Waals surface area (Å²) in [5, 5.41) is 9.32. The van der Waals surface area contributed by atoms with E-state index >= 15 is 0 Å². The molecule has 190 valence electrons. The van der Waals surface area contributed by atoms with E-state index in [4.69, 9.17) is 4.74 Å². The molecule has 0 radical (unpaired) electrons. The number of carbonyl (C=O) groups excluding carboxylic acids is 1. The van der Waals surface area contributed by atoms with Crippen molar-refractivity contribution in [1.82, 2.24) is 15.5 Å².